The lowest BCUT2D eigenvalue weighted by Crippen LogP contribution is -2.51. The summed E-state index contributed by atoms with van der Waals surface area (Å²) in [5, 5.41) is 8.49. The van der Waals surface area contributed by atoms with Gasteiger partial charge in [0.1, 0.15) is 5.82 Å². The first-order chi connectivity index (χ1) is 15.1. The lowest BCUT2D eigenvalue weighted by Gasteiger charge is -2.34. The summed E-state index contributed by atoms with van der Waals surface area (Å²) in [4.78, 5) is 30.6. The number of carbonyl (C=O) groups is 2. The molecule has 5 rings (SSSR count). The van der Waals surface area contributed by atoms with Crippen molar-refractivity contribution in [3.63, 3.8) is 0 Å². The average molecular weight is 419 g/mol. The second-order valence-electron chi connectivity index (χ2n) is 7.97. The minimum atomic E-state index is -0.267. The van der Waals surface area contributed by atoms with Crippen LogP contribution < -0.4 is 0 Å². The molecule has 31 heavy (non-hydrogen) atoms. The number of carbonyl (C=O) groups excluding carboxylic acids is 2. The Kier molecular flexibility index (Phi) is 4.97. The molecule has 1 aromatic heterocycles. The van der Waals surface area contributed by atoms with Gasteiger partial charge in [0.2, 0.25) is 5.91 Å². The van der Waals surface area contributed by atoms with Crippen LogP contribution in [0, 0.1) is 11.7 Å². The van der Waals surface area contributed by atoms with E-state index in [1.807, 2.05) is 35.2 Å². The number of hydrogen-bond acceptors (Lipinski definition) is 4. The third-order valence-corrected chi connectivity index (χ3v) is 5.98. The van der Waals surface area contributed by atoms with Gasteiger partial charge in [0, 0.05) is 32.1 Å². The largest absolute Gasteiger partial charge is 0.339 e. The van der Waals surface area contributed by atoms with Gasteiger partial charge < -0.3 is 9.80 Å². The number of nitrogens with zero attached hydrogens (tertiary/aromatic N) is 5. The molecule has 2 heterocycles. The van der Waals surface area contributed by atoms with Crippen molar-refractivity contribution in [1.82, 2.24) is 24.8 Å². The quantitative estimate of drug-likeness (QED) is 0.652. The van der Waals surface area contributed by atoms with Gasteiger partial charge in [0.15, 0.2) is 5.69 Å². The summed E-state index contributed by atoms with van der Waals surface area (Å²) in [5.41, 5.74) is 2.09. The van der Waals surface area contributed by atoms with E-state index >= 15 is 0 Å². The summed E-state index contributed by atoms with van der Waals surface area (Å²) in [6.07, 6.45) is 2.27. The van der Waals surface area contributed by atoms with E-state index in [1.54, 1.807) is 17.0 Å². The Hall–Kier alpha value is -3.55. The second-order valence-corrected chi connectivity index (χ2v) is 7.97. The van der Waals surface area contributed by atoms with Crippen LogP contribution in [0.3, 0.4) is 0 Å². The highest BCUT2D eigenvalue weighted by Gasteiger charge is 2.46. The Balaban J connectivity index is 1.16. The summed E-state index contributed by atoms with van der Waals surface area (Å²) >= 11 is 0. The van der Waals surface area contributed by atoms with Crippen LogP contribution in [0.1, 0.15) is 28.4 Å². The van der Waals surface area contributed by atoms with E-state index in [-0.39, 0.29) is 29.5 Å². The fourth-order valence-corrected chi connectivity index (χ4v) is 4.12. The Morgan fingerprint density at radius 2 is 1.58 bits per heavy atom. The van der Waals surface area contributed by atoms with Crippen LogP contribution in [0.15, 0.2) is 60.8 Å². The van der Waals surface area contributed by atoms with Crippen LogP contribution in [0.4, 0.5) is 4.39 Å². The average Bonchev–Trinajstić information content (AvgIpc) is 3.46. The number of piperazine rings is 1. The molecule has 2 amide bonds. The van der Waals surface area contributed by atoms with Crippen molar-refractivity contribution in [2.24, 2.45) is 5.92 Å². The molecule has 0 N–H and O–H groups in total. The molecule has 1 saturated heterocycles. The van der Waals surface area contributed by atoms with Crippen molar-refractivity contribution in [1.29, 1.82) is 0 Å². The fraction of sp³-hybridized carbons (Fsp3) is 0.304. The molecular formula is C23H22FN5O2. The topological polar surface area (TPSA) is 71.3 Å². The van der Waals surface area contributed by atoms with Crippen molar-refractivity contribution in [2.75, 3.05) is 26.2 Å². The summed E-state index contributed by atoms with van der Waals surface area (Å²) < 4.78 is 13.1. The maximum Gasteiger partial charge on any atom is 0.276 e. The first kappa shape index (κ1) is 19.4. The minimum absolute atomic E-state index is 0.0431. The van der Waals surface area contributed by atoms with E-state index in [1.165, 1.54) is 23.1 Å². The fourth-order valence-electron chi connectivity index (χ4n) is 4.12. The van der Waals surface area contributed by atoms with Crippen molar-refractivity contribution >= 4 is 11.8 Å². The van der Waals surface area contributed by atoms with E-state index < -0.39 is 0 Å². The number of halogens is 1. The van der Waals surface area contributed by atoms with Crippen LogP contribution in [0.2, 0.25) is 0 Å². The molecule has 2 atom stereocenters. The van der Waals surface area contributed by atoms with Crippen LogP contribution in [-0.4, -0.2) is 62.8 Å². The van der Waals surface area contributed by atoms with E-state index in [2.05, 4.69) is 10.2 Å². The smallest absolute Gasteiger partial charge is 0.276 e. The molecule has 1 aliphatic heterocycles. The molecule has 2 aromatic carbocycles. The van der Waals surface area contributed by atoms with E-state index in [9.17, 15) is 14.0 Å². The molecule has 158 valence electrons. The highest BCUT2D eigenvalue weighted by molar-refractivity contribution is 5.92. The summed E-state index contributed by atoms with van der Waals surface area (Å²) in [7, 11) is 0. The van der Waals surface area contributed by atoms with Crippen LogP contribution in [0.5, 0.6) is 0 Å². The standard InChI is InChI=1S/C23H22FN5O2/c24-17-8-6-16(7-9-17)19-14-20(19)22(30)27-10-12-28(13-11-27)23(31)21-15-25-29(26-21)18-4-2-1-3-5-18/h1-9,15,19-20H,10-14H2. The molecule has 3 aromatic rings. The first-order valence-electron chi connectivity index (χ1n) is 10.4. The normalized spacial score (nSPS) is 20.5. The van der Waals surface area contributed by atoms with Gasteiger partial charge in [0.25, 0.3) is 5.91 Å². The highest BCUT2D eigenvalue weighted by Crippen LogP contribution is 2.48. The Morgan fingerprint density at radius 3 is 2.29 bits per heavy atom. The van der Waals surface area contributed by atoms with E-state index in [0.29, 0.717) is 31.9 Å². The van der Waals surface area contributed by atoms with Crippen molar-refractivity contribution in [3.05, 3.63) is 77.9 Å². The number of benzene rings is 2. The summed E-state index contributed by atoms with van der Waals surface area (Å²) in [6, 6.07) is 15.8. The Labute approximate surface area is 179 Å². The molecule has 8 heteroatoms. The van der Waals surface area contributed by atoms with Crippen molar-refractivity contribution < 1.29 is 14.0 Å². The summed E-state index contributed by atoms with van der Waals surface area (Å²) in [5.74, 6) is -0.197. The van der Waals surface area contributed by atoms with Gasteiger partial charge >= 0.3 is 0 Å². The van der Waals surface area contributed by atoms with Gasteiger partial charge in [-0.3, -0.25) is 9.59 Å². The van der Waals surface area contributed by atoms with Crippen LogP contribution >= 0.6 is 0 Å². The lowest BCUT2D eigenvalue weighted by atomic mass is 10.1. The third kappa shape index (κ3) is 3.93. The second kappa shape index (κ2) is 7.94. The number of aromatic nitrogens is 3. The van der Waals surface area contributed by atoms with Crippen molar-refractivity contribution in [3.8, 4) is 5.69 Å². The van der Waals surface area contributed by atoms with Gasteiger partial charge in [-0.15, -0.1) is 5.10 Å². The predicted octanol–water partition coefficient (Wildman–Crippen LogP) is 2.49. The SMILES string of the molecule is O=C(c1cnn(-c2ccccc2)n1)N1CCN(C(=O)C2CC2c2ccc(F)cc2)CC1. The van der Waals surface area contributed by atoms with E-state index in [0.717, 1.165) is 17.7 Å². The van der Waals surface area contributed by atoms with E-state index in [4.69, 9.17) is 0 Å². The molecule has 0 bridgehead atoms. The third-order valence-electron chi connectivity index (χ3n) is 5.98. The highest BCUT2D eigenvalue weighted by atomic mass is 19.1. The zero-order valence-electron chi connectivity index (χ0n) is 16.9. The molecule has 2 unspecified atom stereocenters. The van der Waals surface area contributed by atoms with Gasteiger partial charge in [-0.05, 0) is 42.2 Å². The molecule has 0 radical (unpaired) electrons. The molecular weight excluding hydrogens is 397 g/mol. The molecule has 1 aliphatic carbocycles. The Bertz CT molecular complexity index is 1090. The minimum Gasteiger partial charge on any atom is -0.339 e. The predicted molar refractivity (Wildman–Crippen MR) is 111 cm³/mol. The molecule has 7 nitrogen and oxygen atoms in total. The lowest BCUT2D eigenvalue weighted by molar-refractivity contribution is -0.134. The van der Waals surface area contributed by atoms with Crippen molar-refractivity contribution in [2.45, 2.75) is 12.3 Å². The Morgan fingerprint density at radius 1 is 0.903 bits per heavy atom. The zero-order valence-corrected chi connectivity index (χ0v) is 16.9. The van der Waals surface area contributed by atoms with Crippen LogP contribution in [-0.2, 0) is 4.79 Å². The van der Waals surface area contributed by atoms with Crippen LogP contribution in [0.25, 0.3) is 5.69 Å². The molecule has 2 fully saturated rings. The number of hydrogen-bond donors (Lipinski definition) is 0. The maximum absolute atomic E-state index is 13.1. The molecule has 2 aliphatic rings. The van der Waals surface area contributed by atoms with Gasteiger partial charge in [-0.2, -0.15) is 9.90 Å². The van der Waals surface area contributed by atoms with Gasteiger partial charge in [-0.25, -0.2) is 4.39 Å². The number of amides is 2. The maximum atomic E-state index is 13.1. The van der Waals surface area contributed by atoms with Gasteiger partial charge in [0.05, 0.1) is 11.9 Å². The summed E-state index contributed by atoms with van der Waals surface area (Å²) in [6.45, 7) is 1.95. The molecule has 1 saturated carbocycles. The number of para-hydroxylation sites is 1. The molecule has 0 spiro atoms. The monoisotopic (exact) mass is 419 g/mol. The first-order valence-corrected chi connectivity index (χ1v) is 10.4. The number of rotatable bonds is 4. The zero-order chi connectivity index (χ0) is 21.4. The van der Waals surface area contributed by atoms with Gasteiger partial charge in [-0.1, -0.05) is 30.3 Å².